The predicted octanol–water partition coefficient (Wildman–Crippen LogP) is 1.62. The van der Waals surface area contributed by atoms with Gasteiger partial charge in [0.2, 0.25) is 5.91 Å². The molecule has 0 radical (unpaired) electrons. The Morgan fingerprint density at radius 2 is 2.40 bits per heavy atom. The van der Waals surface area contributed by atoms with Gasteiger partial charge in [0.1, 0.15) is 0 Å². The van der Waals surface area contributed by atoms with Crippen molar-refractivity contribution in [3.05, 3.63) is 0 Å². The molecular weight excluding hydrogens is 210 g/mol. The minimum absolute atomic E-state index is 0.278. The third kappa shape index (κ3) is 4.43. The van der Waals surface area contributed by atoms with Crippen molar-refractivity contribution in [2.75, 3.05) is 38.3 Å². The van der Waals surface area contributed by atoms with Gasteiger partial charge in [0.05, 0.1) is 12.4 Å². The molecule has 0 N–H and O–H groups in total. The summed E-state index contributed by atoms with van der Waals surface area (Å²) < 4.78 is 5.51. The van der Waals surface area contributed by atoms with Crippen molar-refractivity contribution in [2.45, 2.75) is 19.8 Å². The van der Waals surface area contributed by atoms with Crippen LogP contribution in [0.5, 0.6) is 0 Å². The summed E-state index contributed by atoms with van der Waals surface area (Å²) in [5.74, 6) is 1.45. The van der Waals surface area contributed by atoms with Crippen molar-refractivity contribution in [3.8, 4) is 0 Å². The fourth-order valence-corrected chi connectivity index (χ4v) is 2.23. The molecule has 0 spiro atoms. The second-order valence-corrected chi connectivity index (χ2v) is 4.87. The molecule has 1 atom stereocenters. The molecular formula is C11H21NO2S. The van der Waals surface area contributed by atoms with Gasteiger partial charge in [-0.2, -0.15) is 11.8 Å². The molecule has 1 unspecified atom stereocenters. The van der Waals surface area contributed by atoms with Gasteiger partial charge in [-0.25, -0.2) is 0 Å². The van der Waals surface area contributed by atoms with Gasteiger partial charge in [-0.15, -0.1) is 0 Å². The fraction of sp³-hybridized carbons (Fsp3) is 0.909. The molecule has 0 aromatic carbocycles. The highest BCUT2D eigenvalue weighted by molar-refractivity contribution is 7.99. The molecule has 1 aliphatic rings. The summed E-state index contributed by atoms with van der Waals surface area (Å²) in [6, 6.07) is 0. The first kappa shape index (κ1) is 12.8. The number of carbonyl (C=O) groups is 1. The molecule has 4 heteroatoms. The number of rotatable bonds is 6. The zero-order chi connectivity index (χ0) is 11.1. The minimum Gasteiger partial charge on any atom is -0.381 e. The van der Waals surface area contributed by atoms with Gasteiger partial charge in [0, 0.05) is 25.6 Å². The Hall–Kier alpha value is -0.220. The van der Waals surface area contributed by atoms with Crippen LogP contribution in [0.25, 0.3) is 0 Å². The molecule has 3 nitrogen and oxygen atoms in total. The lowest BCUT2D eigenvalue weighted by Gasteiger charge is -2.15. The Kier molecular flexibility index (Phi) is 6.10. The van der Waals surface area contributed by atoms with E-state index < -0.39 is 0 Å². The largest absolute Gasteiger partial charge is 0.381 e. The summed E-state index contributed by atoms with van der Waals surface area (Å²) in [6.07, 6.45) is 4.14. The maximum Gasteiger partial charge on any atom is 0.232 e. The van der Waals surface area contributed by atoms with Crippen LogP contribution in [0.2, 0.25) is 0 Å². The summed E-state index contributed by atoms with van der Waals surface area (Å²) >= 11 is 1.60. The monoisotopic (exact) mass is 231 g/mol. The molecule has 1 amide bonds. The van der Waals surface area contributed by atoms with E-state index in [0.29, 0.717) is 11.7 Å². The average molecular weight is 231 g/mol. The molecule has 1 saturated heterocycles. The Balaban J connectivity index is 2.17. The van der Waals surface area contributed by atoms with Crippen LogP contribution in [0.15, 0.2) is 0 Å². The second kappa shape index (κ2) is 7.12. The lowest BCUT2D eigenvalue weighted by Crippen LogP contribution is -2.30. The van der Waals surface area contributed by atoms with Gasteiger partial charge in [-0.05, 0) is 19.1 Å². The van der Waals surface area contributed by atoms with Gasteiger partial charge < -0.3 is 9.64 Å². The van der Waals surface area contributed by atoms with E-state index in [2.05, 4.69) is 6.92 Å². The van der Waals surface area contributed by atoms with Gasteiger partial charge in [0.25, 0.3) is 0 Å². The first-order chi connectivity index (χ1) is 7.27. The van der Waals surface area contributed by atoms with Crippen LogP contribution in [0.3, 0.4) is 0 Å². The van der Waals surface area contributed by atoms with E-state index in [-0.39, 0.29) is 5.91 Å². The first-order valence-electron chi connectivity index (χ1n) is 5.62. The molecule has 15 heavy (non-hydrogen) atoms. The highest BCUT2D eigenvalue weighted by Crippen LogP contribution is 2.17. The third-order valence-corrected chi connectivity index (χ3v) is 3.14. The van der Waals surface area contributed by atoms with Crippen LogP contribution in [-0.4, -0.2) is 49.1 Å². The zero-order valence-electron chi connectivity index (χ0n) is 9.70. The molecule has 88 valence electrons. The Morgan fingerprint density at radius 1 is 1.60 bits per heavy atom. The predicted molar refractivity (Wildman–Crippen MR) is 64.2 cm³/mol. The molecule has 0 aromatic heterocycles. The molecule has 0 saturated carbocycles. The fourth-order valence-electron chi connectivity index (χ4n) is 1.80. The number of ether oxygens (including phenoxy) is 1. The second-order valence-electron chi connectivity index (χ2n) is 4.00. The smallest absolute Gasteiger partial charge is 0.232 e. The lowest BCUT2D eigenvalue weighted by atomic mass is 10.1. The highest BCUT2D eigenvalue weighted by atomic mass is 32.2. The molecule has 1 rings (SSSR count). The Labute approximate surface area is 96.5 Å². The molecule has 1 fully saturated rings. The quantitative estimate of drug-likeness (QED) is 0.651. The van der Waals surface area contributed by atoms with E-state index in [0.717, 1.165) is 39.1 Å². The maximum atomic E-state index is 11.6. The Morgan fingerprint density at radius 3 is 3.07 bits per heavy atom. The van der Waals surface area contributed by atoms with E-state index in [1.165, 1.54) is 0 Å². The number of hydrogen-bond donors (Lipinski definition) is 0. The summed E-state index contributed by atoms with van der Waals surface area (Å²) in [4.78, 5) is 13.6. The molecule has 0 aromatic rings. The number of amides is 1. The number of carbonyl (C=O) groups excluding carboxylic acids is 1. The third-order valence-electron chi connectivity index (χ3n) is 2.61. The van der Waals surface area contributed by atoms with Crippen LogP contribution in [0.4, 0.5) is 0 Å². The summed E-state index contributed by atoms with van der Waals surface area (Å²) in [5, 5.41) is 0. The molecule has 0 aliphatic carbocycles. The van der Waals surface area contributed by atoms with Gasteiger partial charge >= 0.3 is 0 Å². The van der Waals surface area contributed by atoms with Crippen molar-refractivity contribution in [1.82, 2.24) is 4.90 Å². The molecule has 1 aliphatic heterocycles. The van der Waals surface area contributed by atoms with Crippen LogP contribution in [-0.2, 0) is 9.53 Å². The van der Waals surface area contributed by atoms with E-state index in [4.69, 9.17) is 4.74 Å². The maximum absolute atomic E-state index is 11.6. The van der Waals surface area contributed by atoms with Crippen LogP contribution in [0.1, 0.15) is 19.8 Å². The number of hydrogen-bond acceptors (Lipinski definition) is 3. The van der Waals surface area contributed by atoms with E-state index >= 15 is 0 Å². The standard InChI is InChI=1S/C11H21NO2S/c1-3-6-14-8-10-4-5-12(7-10)11(13)9-15-2/h10H,3-9H2,1-2H3. The average Bonchev–Trinajstić information content (AvgIpc) is 2.67. The zero-order valence-corrected chi connectivity index (χ0v) is 10.5. The van der Waals surface area contributed by atoms with Gasteiger partial charge in [-0.1, -0.05) is 6.92 Å². The summed E-state index contributed by atoms with van der Waals surface area (Å²) in [7, 11) is 0. The summed E-state index contributed by atoms with van der Waals surface area (Å²) in [5.41, 5.74) is 0. The van der Waals surface area contributed by atoms with Crippen molar-refractivity contribution in [2.24, 2.45) is 5.92 Å². The van der Waals surface area contributed by atoms with E-state index in [1.807, 2.05) is 11.2 Å². The minimum atomic E-state index is 0.278. The first-order valence-corrected chi connectivity index (χ1v) is 7.01. The molecule has 1 heterocycles. The lowest BCUT2D eigenvalue weighted by molar-refractivity contribution is -0.127. The number of likely N-dealkylation sites (tertiary alicyclic amines) is 1. The highest BCUT2D eigenvalue weighted by Gasteiger charge is 2.25. The summed E-state index contributed by atoms with van der Waals surface area (Å²) in [6.45, 7) is 5.58. The molecule has 0 bridgehead atoms. The van der Waals surface area contributed by atoms with E-state index in [1.54, 1.807) is 11.8 Å². The normalized spacial score (nSPS) is 20.9. The van der Waals surface area contributed by atoms with Crippen molar-refractivity contribution in [3.63, 3.8) is 0 Å². The topological polar surface area (TPSA) is 29.5 Å². The van der Waals surface area contributed by atoms with Gasteiger partial charge in [0.15, 0.2) is 0 Å². The Bertz CT molecular complexity index is 199. The van der Waals surface area contributed by atoms with Crippen LogP contribution in [0, 0.1) is 5.92 Å². The van der Waals surface area contributed by atoms with Crippen LogP contribution >= 0.6 is 11.8 Å². The van der Waals surface area contributed by atoms with Crippen molar-refractivity contribution in [1.29, 1.82) is 0 Å². The van der Waals surface area contributed by atoms with Gasteiger partial charge in [-0.3, -0.25) is 4.79 Å². The van der Waals surface area contributed by atoms with Crippen molar-refractivity contribution < 1.29 is 9.53 Å². The van der Waals surface area contributed by atoms with Crippen LogP contribution < -0.4 is 0 Å². The number of nitrogens with zero attached hydrogens (tertiary/aromatic N) is 1. The van der Waals surface area contributed by atoms with E-state index in [9.17, 15) is 4.79 Å². The van der Waals surface area contributed by atoms with Crippen molar-refractivity contribution >= 4 is 17.7 Å². The SMILES string of the molecule is CCCOCC1CCN(C(=O)CSC)C1. The number of thioether (sulfide) groups is 1.